The van der Waals surface area contributed by atoms with E-state index in [2.05, 4.69) is 0 Å². The lowest BCUT2D eigenvalue weighted by molar-refractivity contribution is -0.149. The van der Waals surface area contributed by atoms with Crippen LogP contribution in [0.2, 0.25) is 0 Å². The van der Waals surface area contributed by atoms with Gasteiger partial charge in [0.2, 0.25) is 0 Å². The number of carbonyl (C=O) groups excluding carboxylic acids is 1. The van der Waals surface area contributed by atoms with E-state index in [9.17, 15) is 4.79 Å². The molecule has 1 aromatic carbocycles. The average molecular weight is 364 g/mol. The Labute approximate surface area is 155 Å². The molecule has 6 heteroatoms. The van der Waals surface area contributed by atoms with E-state index < -0.39 is 5.79 Å². The zero-order valence-electron chi connectivity index (χ0n) is 16.1. The molecule has 1 heterocycles. The Morgan fingerprint density at radius 2 is 1.92 bits per heavy atom. The molecule has 2 rings (SSSR count). The zero-order chi connectivity index (χ0) is 19.2. The first-order chi connectivity index (χ1) is 12.3. The zero-order valence-corrected chi connectivity index (χ0v) is 16.1. The molecule has 1 aliphatic rings. The third kappa shape index (κ3) is 5.83. The van der Waals surface area contributed by atoms with Crippen LogP contribution in [0.1, 0.15) is 33.3 Å². The van der Waals surface area contributed by atoms with Crippen molar-refractivity contribution in [3.8, 4) is 5.75 Å². The number of hydrogen-bond acceptors (Lipinski definition) is 6. The van der Waals surface area contributed by atoms with Crippen LogP contribution in [0, 0.1) is 0 Å². The van der Waals surface area contributed by atoms with Crippen LogP contribution < -0.4 is 4.74 Å². The van der Waals surface area contributed by atoms with E-state index in [-0.39, 0.29) is 18.2 Å². The number of benzene rings is 1. The topological polar surface area (TPSA) is 63.2 Å². The van der Waals surface area contributed by atoms with Crippen LogP contribution in [0.3, 0.4) is 0 Å². The van der Waals surface area contributed by atoms with Crippen molar-refractivity contribution in [2.24, 2.45) is 0 Å². The monoisotopic (exact) mass is 364 g/mol. The molecule has 0 spiro atoms. The second kappa shape index (κ2) is 9.16. The molecular formula is C20H28O6. The van der Waals surface area contributed by atoms with Crippen LogP contribution in [0.15, 0.2) is 35.9 Å². The lowest BCUT2D eigenvalue weighted by Crippen LogP contribution is -2.27. The average Bonchev–Trinajstić information content (AvgIpc) is 2.89. The van der Waals surface area contributed by atoms with Gasteiger partial charge in [-0.3, -0.25) is 0 Å². The molecular weight excluding hydrogens is 336 g/mol. The summed E-state index contributed by atoms with van der Waals surface area (Å²) in [5, 5.41) is 0. The molecule has 26 heavy (non-hydrogen) atoms. The van der Waals surface area contributed by atoms with Gasteiger partial charge in [0.15, 0.2) is 5.79 Å². The highest BCUT2D eigenvalue weighted by Crippen LogP contribution is 2.30. The van der Waals surface area contributed by atoms with Crippen LogP contribution in [-0.2, 0) is 30.3 Å². The molecule has 0 saturated carbocycles. The van der Waals surface area contributed by atoms with E-state index in [1.54, 1.807) is 27.0 Å². The molecule has 0 N–H and O–H groups in total. The SMILES string of the molecule is CCOC(=O)/C(C)=C/[C@@H]1OC(C)(C)O[C@H]1COCc1ccc(OC)cc1. The third-order valence-electron chi connectivity index (χ3n) is 3.94. The Morgan fingerprint density at radius 3 is 2.54 bits per heavy atom. The Balaban J connectivity index is 1.94. The maximum Gasteiger partial charge on any atom is 0.333 e. The molecule has 1 saturated heterocycles. The van der Waals surface area contributed by atoms with Crippen molar-refractivity contribution < 1.29 is 28.5 Å². The molecule has 1 fully saturated rings. The maximum absolute atomic E-state index is 11.8. The Kier molecular flexibility index (Phi) is 7.20. The van der Waals surface area contributed by atoms with Crippen molar-refractivity contribution in [3.05, 3.63) is 41.5 Å². The summed E-state index contributed by atoms with van der Waals surface area (Å²) in [6.07, 6.45) is 1.08. The van der Waals surface area contributed by atoms with Gasteiger partial charge in [-0.05, 0) is 51.5 Å². The van der Waals surface area contributed by atoms with Crippen molar-refractivity contribution in [1.29, 1.82) is 0 Å². The van der Waals surface area contributed by atoms with E-state index in [1.807, 2.05) is 38.1 Å². The Hall–Kier alpha value is -1.89. The molecule has 6 nitrogen and oxygen atoms in total. The van der Waals surface area contributed by atoms with Crippen LogP contribution >= 0.6 is 0 Å². The minimum Gasteiger partial charge on any atom is -0.497 e. The third-order valence-corrected chi connectivity index (χ3v) is 3.94. The molecule has 1 aromatic rings. The molecule has 0 radical (unpaired) electrons. The highest BCUT2D eigenvalue weighted by molar-refractivity contribution is 5.87. The van der Waals surface area contributed by atoms with E-state index in [1.165, 1.54) is 0 Å². The van der Waals surface area contributed by atoms with E-state index in [0.29, 0.717) is 25.4 Å². The number of esters is 1. The predicted octanol–water partition coefficient (Wildman–Crippen LogP) is 3.24. The fourth-order valence-electron chi connectivity index (χ4n) is 2.71. The summed E-state index contributed by atoms with van der Waals surface area (Å²) < 4.78 is 27.8. The standard InChI is InChI=1S/C20H28O6/c1-6-24-19(21)14(2)11-17-18(26-20(3,4)25-17)13-23-12-15-7-9-16(22-5)10-8-15/h7-11,17-18H,6,12-13H2,1-5H3/b14-11+/t17-,18-/m0/s1. The van der Waals surface area contributed by atoms with E-state index >= 15 is 0 Å². The molecule has 2 atom stereocenters. The van der Waals surface area contributed by atoms with Crippen LogP contribution in [0.25, 0.3) is 0 Å². The fourth-order valence-corrected chi connectivity index (χ4v) is 2.71. The second-order valence-corrected chi connectivity index (χ2v) is 6.57. The van der Waals surface area contributed by atoms with Gasteiger partial charge < -0.3 is 23.7 Å². The summed E-state index contributed by atoms with van der Waals surface area (Å²) in [7, 11) is 1.64. The summed E-state index contributed by atoms with van der Waals surface area (Å²) in [4.78, 5) is 11.8. The van der Waals surface area contributed by atoms with Gasteiger partial charge in [0, 0.05) is 5.57 Å². The van der Waals surface area contributed by atoms with Crippen molar-refractivity contribution >= 4 is 5.97 Å². The van der Waals surface area contributed by atoms with E-state index in [4.69, 9.17) is 23.7 Å². The lowest BCUT2D eigenvalue weighted by Gasteiger charge is -2.16. The van der Waals surface area contributed by atoms with Crippen molar-refractivity contribution in [2.45, 2.75) is 52.3 Å². The van der Waals surface area contributed by atoms with E-state index in [0.717, 1.165) is 11.3 Å². The van der Waals surface area contributed by atoms with Crippen LogP contribution in [-0.4, -0.2) is 44.3 Å². The highest BCUT2D eigenvalue weighted by Gasteiger charge is 2.40. The first-order valence-corrected chi connectivity index (χ1v) is 8.76. The minimum atomic E-state index is -0.732. The lowest BCUT2D eigenvalue weighted by atomic mass is 10.1. The first-order valence-electron chi connectivity index (χ1n) is 8.76. The molecule has 0 aromatic heterocycles. The molecule has 0 aliphatic carbocycles. The summed E-state index contributed by atoms with van der Waals surface area (Å²) in [6, 6.07) is 7.70. The fraction of sp³-hybridized carbons (Fsp3) is 0.550. The van der Waals surface area contributed by atoms with Gasteiger partial charge in [-0.15, -0.1) is 0 Å². The van der Waals surface area contributed by atoms with Crippen LogP contribution in [0.5, 0.6) is 5.75 Å². The number of carbonyl (C=O) groups is 1. The molecule has 0 unspecified atom stereocenters. The number of ether oxygens (including phenoxy) is 5. The number of hydrogen-bond donors (Lipinski definition) is 0. The van der Waals surface area contributed by atoms with Gasteiger partial charge in [0.1, 0.15) is 18.0 Å². The number of rotatable bonds is 8. The summed E-state index contributed by atoms with van der Waals surface area (Å²) in [6.45, 7) is 8.32. The first kappa shape index (κ1) is 20.4. The summed E-state index contributed by atoms with van der Waals surface area (Å²) in [5.41, 5.74) is 1.54. The quantitative estimate of drug-likeness (QED) is 0.521. The Bertz CT molecular complexity index is 620. The smallest absolute Gasteiger partial charge is 0.333 e. The molecule has 0 amide bonds. The van der Waals surface area contributed by atoms with Gasteiger partial charge in [0.25, 0.3) is 0 Å². The normalized spacial score (nSPS) is 22.3. The second-order valence-electron chi connectivity index (χ2n) is 6.57. The number of methoxy groups -OCH3 is 1. The predicted molar refractivity (Wildman–Crippen MR) is 96.9 cm³/mol. The largest absolute Gasteiger partial charge is 0.497 e. The van der Waals surface area contributed by atoms with Gasteiger partial charge in [0.05, 0.1) is 26.9 Å². The van der Waals surface area contributed by atoms with Gasteiger partial charge in [-0.2, -0.15) is 0 Å². The molecule has 0 bridgehead atoms. The van der Waals surface area contributed by atoms with Crippen molar-refractivity contribution in [2.75, 3.05) is 20.3 Å². The van der Waals surface area contributed by atoms with Crippen molar-refractivity contribution in [1.82, 2.24) is 0 Å². The summed E-state index contributed by atoms with van der Waals surface area (Å²) >= 11 is 0. The van der Waals surface area contributed by atoms with Gasteiger partial charge in [-0.1, -0.05) is 12.1 Å². The Morgan fingerprint density at radius 1 is 1.23 bits per heavy atom. The molecule has 144 valence electrons. The minimum absolute atomic E-state index is 0.298. The van der Waals surface area contributed by atoms with Gasteiger partial charge in [-0.25, -0.2) is 4.79 Å². The van der Waals surface area contributed by atoms with Crippen molar-refractivity contribution in [3.63, 3.8) is 0 Å². The maximum atomic E-state index is 11.8. The summed E-state index contributed by atoms with van der Waals surface area (Å²) in [5.74, 6) is -0.272. The van der Waals surface area contributed by atoms with Gasteiger partial charge >= 0.3 is 5.97 Å². The van der Waals surface area contributed by atoms with Crippen LogP contribution in [0.4, 0.5) is 0 Å². The highest BCUT2D eigenvalue weighted by atomic mass is 16.8. The molecule has 1 aliphatic heterocycles.